The van der Waals surface area contributed by atoms with Crippen LogP contribution in [-0.4, -0.2) is 22.1 Å². The van der Waals surface area contributed by atoms with E-state index in [0.717, 1.165) is 0 Å². The van der Waals surface area contributed by atoms with Gasteiger partial charge in [-0.25, -0.2) is 0 Å². The Morgan fingerprint density at radius 1 is 1.19 bits per heavy atom. The number of para-hydroxylation sites is 1. The number of ether oxygens (including phenoxy) is 2. The van der Waals surface area contributed by atoms with Gasteiger partial charge in [-0.2, -0.15) is 15.2 Å². The number of nitriles is 1. The van der Waals surface area contributed by atoms with Crippen molar-refractivity contribution in [1.29, 1.82) is 5.26 Å². The predicted octanol–water partition coefficient (Wildman–Crippen LogP) is 2.94. The molecule has 0 amide bonds. The van der Waals surface area contributed by atoms with Crippen LogP contribution in [-0.2, 0) is 0 Å². The van der Waals surface area contributed by atoms with Gasteiger partial charge in [0.15, 0.2) is 5.75 Å². The topological polar surface area (TPSA) is 94.1 Å². The highest BCUT2D eigenvalue weighted by Gasteiger charge is 2.18. The minimum Gasteiger partial charge on any atom is -0.467 e. The number of methoxy groups -OCH3 is 1. The lowest BCUT2D eigenvalue weighted by Gasteiger charge is -2.03. The second kappa shape index (κ2) is 5.26. The van der Waals surface area contributed by atoms with Crippen LogP contribution in [0.5, 0.6) is 17.8 Å². The number of hydrogen-bond acceptors (Lipinski definition) is 7. The highest BCUT2D eigenvalue weighted by Crippen LogP contribution is 2.35. The smallest absolute Gasteiger partial charge is 0.329 e. The van der Waals surface area contributed by atoms with E-state index in [1.807, 2.05) is 6.07 Å². The number of fused-ring (bicyclic) bond motifs is 1. The van der Waals surface area contributed by atoms with Crippen LogP contribution in [0.25, 0.3) is 11.0 Å². The van der Waals surface area contributed by atoms with Gasteiger partial charge in [-0.3, -0.25) is 0 Å². The molecule has 1 aromatic carbocycles. The van der Waals surface area contributed by atoms with Gasteiger partial charge in [0.1, 0.15) is 11.7 Å². The summed E-state index contributed by atoms with van der Waals surface area (Å²) in [5.74, 6) is 0.240. The molecule has 104 valence electrons. The number of nitrogens with zero attached hydrogens (tertiary/aromatic N) is 4. The van der Waals surface area contributed by atoms with Crippen molar-refractivity contribution in [2.45, 2.75) is 0 Å². The predicted molar refractivity (Wildman–Crippen MR) is 72.4 cm³/mol. The summed E-state index contributed by atoms with van der Waals surface area (Å²) in [5, 5.41) is 9.67. The van der Waals surface area contributed by atoms with Crippen molar-refractivity contribution < 1.29 is 13.9 Å². The average molecular weight is 303 g/mol. The quantitative estimate of drug-likeness (QED) is 0.734. The maximum atomic E-state index is 9.13. The van der Waals surface area contributed by atoms with Crippen molar-refractivity contribution in [1.82, 2.24) is 15.0 Å². The molecule has 0 aliphatic carbocycles. The van der Waals surface area contributed by atoms with E-state index in [1.165, 1.54) is 7.11 Å². The molecular formula is C13H7ClN4O3. The Morgan fingerprint density at radius 2 is 1.95 bits per heavy atom. The van der Waals surface area contributed by atoms with E-state index in [1.54, 1.807) is 24.3 Å². The maximum Gasteiger partial charge on any atom is 0.329 e. The van der Waals surface area contributed by atoms with Gasteiger partial charge < -0.3 is 13.9 Å². The molecule has 0 aliphatic rings. The van der Waals surface area contributed by atoms with Crippen molar-refractivity contribution in [2.75, 3.05) is 7.11 Å². The molecule has 2 aromatic heterocycles. The molecule has 3 rings (SSSR count). The molecule has 0 radical (unpaired) electrons. The summed E-state index contributed by atoms with van der Waals surface area (Å²) in [6.45, 7) is 0. The van der Waals surface area contributed by atoms with E-state index in [2.05, 4.69) is 15.0 Å². The summed E-state index contributed by atoms with van der Waals surface area (Å²) in [5.41, 5.74) is 0.524. The fourth-order valence-corrected chi connectivity index (χ4v) is 1.88. The van der Waals surface area contributed by atoms with E-state index < -0.39 is 0 Å². The fraction of sp³-hybridized carbons (Fsp3) is 0.0769. The number of aromatic nitrogens is 3. The van der Waals surface area contributed by atoms with Gasteiger partial charge in [0, 0.05) is 0 Å². The number of furan rings is 1. The van der Waals surface area contributed by atoms with Gasteiger partial charge >= 0.3 is 12.0 Å². The SMILES string of the molecule is COc1nc(Cl)nc(Oc2c(C#N)oc3ccccc23)n1. The first-order valence-electron chi connectivity index (χ1n) is 5.76. The molecule has 21 heavy (non-hydrogen) atoms. The van der Waals surface area contributed by atoms with Gasteiger partial charge in [-0.1, -0.05) is 12.1 Å². The Labute approximate surface area is 123 Å². The van der Waals surface area contributed by atoms with Gasteiger partial charge in [-0.05, 0) is 23.7 Å². The van der Waals surface area contributed by atoms with Crippen LogP contribution < -0.4 is 9.47 Å². The third kappa shape index (κ3) is 2.44. The Balaban J connectivity index is 2.09. The molecule has 0 atom stereocenters. The standard InChI is InChI=1S/C13H7ClN4O3/c1-19-12-16-11(14)17-13(18-12)21-10-7-4-2-3-5-8(7)20-9(10)6-15/h2-5H,1H3. The molecule has 0 saturated carbocycles. The molecule has 0 fully saturated rings. The lowest BCUT2D eigenvalue weighted by Crippen LogP contribution is -1.98. The minimum absolute atomic E-state index is 0.0105. The summed E-state index contributed by atoms with van der Waals surface area (Å²) >= 11 is 5.75. The molecule has 0 saturated heterocycles. The summed E-state index contributed by atoms with van der Waals surface area (Å²) in [6.07, 6.45) is 0. The zero-order chi connectivity index (χ0) is 14.8. The number of halogens is 1. The van der Waals surface area contributed by atoms with Crippen molar-refractivity contribution in [3.63, 3.8) is 0 Å². The van der Waals surface area contributed by atoms with Gasteiger partial charge in [0.05, 0.1) is 12.5 Å². The van der Waals surface area contributed by atoms with E-state index >= 15 is 0 Å². The largest absolute Gasteiger partial charge is 0.467 e. The highest BCUT2D eigenvalue weighted by atomic mass is 35.5. The first-order valence-corrected chi connectivity index (χ1v) is 6.14. The molecule has 0 spiro atoms. The average Bonchev–Trinajstić information content (AvgIpc) is 2.85. The number of rotatable bonds is 3. The van der Waals surface area contributed by atoms with Crippen LogP contribution in [0.3, 0.4) is 0 Å². The zero-order valence-corrected chi connectivity index (χ0v) is 11.5. The second-order valence-corrected chi connectivity index (χ2v) is 4.18. The summed E-state index contributed by atoms with van der Waals surface area (Å²) in [7, 11) is 1.39. The number of benzene rings is 1. The Hall–Kier alpha value is -2.85. The summed E-state index contributed by atoms with van der Waals surface area (Å²) in [6, 6.07) is 8.92. The first kappa shape index (κ1) is 13.1. The Bertz CT molecular complexity index is 856. The van der Waals surface area contributed by atoms with Crippen molar-refractivity contribution in [2.24, 2.45) is 0 Å². The Kier molecular flexibility index (Phi) is 3.30. The highest BCUT2D eigenvalue weighted by molar-refractivity contribution is 6.28. The summed E-state index contributed by atoms with van der Waals surface area (Å²) < 4.78 is 15.8. The van der Waals surface area contributed by atoms with Crippen LogP contribution in [0.4, 0.5) is 0 Å². The van der Waals surface area contributed by atoms with Crippen molar-refractivity contribution in [3.05, 3.63) is 35.3 Å². The minimum atomic E-state index is -0.0881. The lowest BCUT2D eigenvalue weighted by molar-refractivity contribution is 0.358. The van der Waals surface area contributed by atoms with Gasteiger partial charge in [-0.15, -0.1) is 4.98 Å². The van der Waals surface area contributed by atoms with Gasteiger partial charge in [0.2, 0.25) is 11.0 Å². The normalized spacial score (nSPS) is 10.3. The molecule has 3 aromatic rings. The third-order valence-corrected chi connectivity index (χ3v) is 2.76. The van der Waals surface area contributed by atoms with Gasteiger partial charge in [0.25, 0.3) is 0 Å². The molecule has 8 heteroatoms. The molecular weight excluding hydrogens is 296 g/mol. The van der Waals surface area contributed by atoms with Crippen LogP contribution in [0, 0.1) is 11.3 Å². The molecule has 7 nitrogen and oxygen atoms in total. The van der Waals surface area contributed by atoms with Crippen molar-refractivity contribution in [3.8, 4) is 23.8 Å². The van der Waals surface area contributed by atoms with E-state index in [4.69, 9.17) is 30.8 Å². The maximum absolute atomic E-state index is 9.13. The lowest BCUT2D eigenvalue weighted by atomic mass is 10.2. The monoisotopic (exact) mass is 302 g/mol. The third-order valence-electron chi connectivity index (χ3n) is 2.59. The Morgan fingerprint density at radius 3 is 2.71 bits per heavy atom. The van der Waals surface area contributed by atoms with E-state index in [0.29, 0.717) is 11.0 Å². The fourth-order valence-electron chi connectivity index (χ4n) is 1.74. The van der Waals surface area contributed by atoms with Crippen LogP contribution in [0.15, 0.2) is 28.7 Å². The second-order valence-electron chi connectivity index (χ2n) is 3.84. The number of hydrogen-bond donors (Lipinski definition) is 0. The van der Waals surface area contributed by atoms with E-state index in [9.17, 15) is 0 Å². The first-order chi connectivity index (χ1) is 10.2. The molecule has 2 heterocycles. The zero-order valence-electron chi connectivity index (χ0n) is 10.7. The molecule has 0 N–H and O–H groups in total. The molecule has 0 aliphatic heterocycles. The van der Waals surface area contributed by atoms with Crippen LogP contribution in [0.2, 0.25) is 5.28 Å². The molecule has 0 bridgehead atoms. The van der Waals surface area contributed by atoms with Crippen LogP contribution in [0.1, 0.15) is 5.76 Å². The van der Waals surface area contributed by atoms with E-state index in [-0.39, 0.29) is 28.8 Å². The molecule has 0 unspecified atom stereocenters. The summed E-state index contributed by atoms with van der Waals surface area (Å²) in [4.78, 5) is 11.5. The van der Waals surface area contributed by atoms with Crippen molar-refractivity contribution >= 4 is 22.6 Å². The van der Waals surface area contributed by atoms with Crippen LogP contribution >= 0.6 is 11.6 Å².